The van der Waals surface area contributed by atoms with Crippen LogP contribution in [0.15, 0.2) is 72.9 Å². The predicted octanol–water partition coefficient (Wildman–Crippen LogP) is 11.3. The maximum absolute atomic E-state index is 12.4. The molecule has 4 heteroatoms. The molecule has 2 amide bonds. The van der Waals surface area contributed by atoms with Gasteiger partial charge in [0.1, 0.15) is 0 Å². The second kappa shape index (κ2) is 31.4. The molecule has 1 fully saturated rings. The van der Waals surface area contributed by atoms with E-state index in [0.717, 1.165) is 96.3 Å². The first-order chi connectivity index (χ1) is 22.2. The van der Waals surface area contributed by atoms with E-state index in [4.69, 9.17) is 0 Å². The number of carbonyl (C=O) groups excluding carboxylic acids is 2. The van der Waals surface area contributed by atoms with Gasteiger partial charge in [-0.1, -0.05) is 125 Å². The molecule has 0 saturated heterocycles. The molecule has 1 saturated carbocycles. The molecule has 0 bridgehead atoms. The molecule has 0 radical (unpaired) electrons. The summed E-state index contributed by atoms with van der Waals surface area (Å²) < 4.78 is 0. The topological polar surface area (TPSA) is 58.2 Å². The van der Waals surface area contributed by atoms with Gasteiger partial charge in [-0.3, -0.25) is 9.59 Å². The van der Waals surface area contributed by atoms with Crippen molar-refractivity contribution in [2.75, 3.05) is 0 Å². The highest BCUT2D eigenvalue weighted by molar-refractivity contribution is 5.77. The molecule has 0 heterocycles. The van der Waals surface area contributed by atoms with Crippen LogP contribution in [0, 0.1) is 0 Å². The summed E-state index contributed by atoms with van der Waals surface area (Å²) in [5.41, 5.74) is 0. The van der Waals surface area contributed by atoms with Crippen LogP contribution < -0.4 is 10.6 Å². The molecule has 1 aliphatic rings. The van der Waals surface area contributed by atoms with Gasteiger partial charge in [0.2, 0.25) is 11.8 Å². The van der Waals surface area contributed by atoms with E-state index < -0.39 is 0 Å². The van der Waals surface area contributed by atoms with Crippen molar-refractivity contribution in [1.29, 1.82) is 0 Å². The fourth-order valence-corrected chi connectivity index (χ4v) is 5.65. The van der Waals surface area contributed by atoms with E-state index in [1.54, 1.807) is 0 Å². The van der Waals surface area contributed by atoms with Gasteiger partial charge in [-0.25, -0.2) is 0 Å². The smallest absolute Gasteiger partial charge is 0.220 e. The molecule has 2 N–H and O–H groups in total. The van der Waals surface area contributed by atoms with Crippen LogP contribution in [0.25, 0.3) is 0 Å². The summed E-state index contributed by atoms with van der Waals surface area (Å²) >= 11 is 0. The maximum Gasteiger partial charge on any atom is 0.220 e. The van der Waals surface area contributed by atoms with E-state index in [9.17, 15) is 9.59 Å². The zero-order chi connectivity index (χ0) is 32.5. The molecule has 1 aliphatic carbocycles. The minimum Gasteiger partial charge on any atom is -0.353 e. The molecule has 1 rings (SSSR count). The van der Waals surface area contributed by atoms with Crippen molar-refractivity contribution >= 4 is 11.8 Å². The zero-order valence-electron chi connectivity index (χ0n) is 29.2. The third kappa shape index (κ3) is 27.4. The van der Waals surface area contributed by atoms with Crippen molar-refractivity contribution < 1.29 is 9.59 Å². The second-order valence-corrected chi connectivity index (χ2v) is 12.5. The molecule has 0 aliphatic heterocycles. The molecule has 0 aromatic rings. The molecule has 0 unspecified atom stereocenters. The number of nitrogens with one attached hydrogen (secondary N) is 2. The second-order valence-electron chi connectivity index (χ2n) is 12.5. The third-order valence-electron chi connectivity index (χ3n) is 8.27. The van der Waals surface area contributed by atoms with Crippen LogP contribution in [-0.2, 0) is 9.59 Å². The van der Waals surface area contributed by atoms with Crippen molar-refractivity contribution in [3.63, 3.8) is 0 Å². The van der Waals surface area contributed by atoms with Gasteiger partial charge in [-0.2, -0.15) is 0 Å². The van der Waals surface area contributed by atoms with Crippen LogP contribution >= 0.6 is 0 Å². The molecule has 45 heavy (non-hydrogen) atoms. The minimum absolute atomic E-state index is 0.177. The number of amides is 2. The van der Waals surface area contributed by atoms with Crippen LogP contribution in [0.3, 0.4) is 0 Å². The van der Waals surface area contributed by atoms with Crippen LogP contribution in [0.5, 0.6) is 0 Å². The van der Waals surface area contributed by atoms with Gasteiger partial charge in [0.05, 0.1) is 0 Å². The number of unbranched alkanes of at least 4 members (excludes halogenated alkanes) is 10. The Bertz CT molecular complexity index is 823. The molecule has 2 atom stereocenters. The Morgan fingerprint density at radius 2 is 0.800 bits per heavy atom. The van der Waals surface area contributed by atoms with E-state index in [2.05, 4.69) is 97.4 Å². The Morgan fingerprint density at radius 1 is 0.467 bits per heavy atom. The Kier molecular flexibility index (Phi) is 28.2. The van der Waals surface area contributed by atoms with Crippen molar-refractivity contribution in [2.24, 2.45) is 0 Å². The van der Waals surface area contributed by atoms with Gasteiger partial charge in [-0.05, 0) is 96.3 Å². The lowest BCUT2D eigenvalue weighted by molar-refractivity contribution is -0.122. The predicted molar refractivity (Wildman–Crippen MR) is 196 cm³/mol. The highest BCUT2D eigenvalue weighted by Gasteiger charge is 2.26. The van der Waals surface area contributed by atoms with E-state index in [1.807, 2.05) is 0 Å². The number of allylic oxidation sites excluding steroid dienone is 12. The van der Waals surface area contributed by atoms with Gasteiger partial charge in [-0.15, -0.1) is 0 Å². The van der Waals surface area contributed by atoms with Gasteiger partial charge >= 0.3 is 0 Å². The maximum atomic E-state index is 12.4. The number of hydrogen-bond donors (Lipinski definition) is 2. The Hall–Kier alpha value is -2.62. The van der Waals surface area contributed by atoms with Crippen LogP contribution in [0.2, 0.25) is 0 Å². The number of rotatable bonds is 28. The fourth-order valence-electron chi connectivity index (χ4n) is 5.65. The summed E-state index contributed by atoms with van der Waals surface area (Å²) in [6.07, 6.45) is 51.2. The molecule has 0 aromatic carbocycles. The Balaban J connectivity index is 1.93. The van der Waals surface area contributed by atoms with Crippen LogP contribution in [-0.4, -0.2) is 23.9 Å². The first-order valence-corrected chi connectivity index (χ1v) is 18.6. The van der Waals surface area contributed by atoms with Crippen LogP contribution in [0.1, 0.15) is 162 Å². The quantitative estimate of drug-likeness (QED) is 0.0675. The largest absolute Gasteiger partial charge is 0.353 e. The summed E-state index contributed by atoms with van der Waals surface area (Å²) in [7, 11) is 0. The van der Waals surface area contributed by atoms with Crippen molar-refractivity contribution in [1.82, 2.24) is 10.6 Å². The minimum atomic E-state index is 0.177. The average Bonchev–Trinajstić information content (AvgIpc) is 3.47. The number of hydrogen-bond acceptors (Lipinski definition) is 2. The summed E-state index contributed by atoms with van der Waals surface area (Å²) in [6, 6.07) is 0.426. The Morgan fingerprint density at radius 3 is 1.20 bits per heavy atom. The van der Waals surface area contributed by atoms with Gasteiger partial charge < -0.3 is 10.6 Å². The third-order valence-corrected chi connectivity index (χ3v) is 8.27. The Labute approximate surface area is 278 Å². The molecule has 4 nitrogen and oxygen atoms in total. The van der Waals surface area contributed by atoms with E-state index in [0.29, 0.717) is 12.8 Å². The van der Waals surface area contributed by atoms with Gasteiger partial charge in [0.15, 0.2) is 0 Å². The van der Waals surface area contributed by atoms with E-state index in [1.165, 1.54) is 38.5 Å². The van der Waals surface area contributed by atoms with E-state index >= 15 is 0 Å². The SMILES string of the molecule is CC/C=C\C/C=C\C/C=C\CCCCCCCC(=O)N[C@@H]1CC[C@H](NC(=O)CCCCCCC/C=C\C/C=C\C/C=C\CC)C1. The summed E-state index contributed by atoms with van der Waals surface area (Å²) in [4.78, 5) is 24.8. The first-order valence-electron chi connectivity index (χ1n) is 18.6. The monoisotopic (exact) mass is 621 g/mol. The van der Waals surface area contributed by atoms with E-state index in [-0.39, 0.29) is 23.9 Å². The molecular formula is C41H68N2O2. The standard InChI is InChI=1S/C41H68N2O2/c1-3-5-7-9-11-13-15-17-19-21-23-25-27-29-31-33-40(44)42-38-35-36-39(37-38)43-41(45)34-32-30-28-26-24-22-20-18-16-14-12-10-8-6-4-2/h5-8,11-14,17-20,38-39H,3-4,9-10,15-16,21-37H2,1-2H3,(H,42,44)(H,43,45)/b7-5-,8-6-,13-11-,14-12-,19-17-,20-18-/t38-,39+. The van der Waals surface area contributed by atoms with Crippen molar-refractivity contribution in [3.8, 4) is 0 Å². The highest BCUT2D eigenvalue weighted by atomic mass is 16.2. The highest BCUT2D eigenvalue weighted by Crippen LogP contribution is 2.20. The van der Waals surface area contributed by atoms with Crippen LogP contribution in [0.4, 0.5) is 0 Å². The summed E-state index contributed by atoms with van der Waals surface area (Å²) in [5, 5.41) is 6.43. The summed E-state index contributed by atoms with van der Waals surface area (Å²) in [6.45, 7) is 4.32. The first kappa shape index (κ1) is 40.4. The van der Waals surface area contributed by atoms with Crippen molar-refractivity contribution in [3.05, 3.63) is 72.9 Å². The zero-order valence-corrected chi connectivity index (χ0v) is 29.2. The summed E-state index contributed by atoms with van der Waals surface area (Å²) in [5.74, 6) is 0.354. The number of carbonyl (C=O) groups is 2. The molecule has 0 aromatic heterocycles. The lowest BCUT2D eigenvalue weighted by Gasteiger charge is -2.15. The van der Waals surface area contributed by atoms with Crippen molar-refractivity contribution in [2.45, 2.75) is 174 Å². The molecule has 254 valence electrons. The van der Waals surface area contributed by atoms with Gasteiger partial charge in [0.25, 0.3) is 0 Å². The normalized spacial score (nSPS) is 17.4. The lowest BCUT2D eigenvalue weighted by atomic mass is 10.1. The van der Waals surface area contributed by atoms with Gasteiger partial charge in [0, 0.05) is 24.9 Å². The average molecular weight is 621 g/mol. The molecule has 0 spiro atoms. The lowest BCUT2D eigenvalue weighted by Crippen LogP contribution is -2.37. The fraction of sp³-hybridized carbons (Fsp3) is 0.659. The molecular weight excluding hydrogens is 552 g/mol.